The monoisotopic (exact) mass is 288 g/mol. The molecule has 0 spiro atoms. The fourth-order valence-corrected chi connectivity index (χ4v) is 2.71. The van der Waals surface area contributed by atoms with Gasteiger partial charge in [0, 0.05) is 19.6 Å². The van der Waals surface area contributed by atoms with E-state index in [2.05, 4.69) is 33.7 Å². The Morgan fingerprint density at radius 3 is 1.75 bits per heavy atom. The van der Waals surface area contributed by atoms with Crippen molar-refractivity contribution in [3.63, 3.8) is 0 Å². The maximum Gasteiger partial charge on any atom is 0.0640 e. The number of rotatable bonds is 8. The van der Waals surface area contributed by atoms with E-state index >= 15 is 0 Å². The molecule has 120 valence electrons. The fourth-order valence-electron chi connectivity index (χ4n) is 2.71. The first kappa shape index (κ1) is 17.8. The van der Waals surface area contributed by atoms with Gasteiger partial charge in [-0.2, -0.15) is 0 Å². The van der Waals surface area contributed by atoms with Gasteiger partial charge < -0.3 is 15.1 Å². The van der Waals surface area contributed by atoms with Crippen LogP contribution in [0.4, 0.5) is 0 Å². The lowest BCUT2D eigenvalue weighted by molar-refractivity contribution is -0.0568. The SMILES string of the molecule is CC(O)CN1CN(CCCN(C)C)CN(CC(C)O)C1. The molecule has 6 heteroatoms. The van der Waals surface area contributed by atoms with Gasteiger partial charge in [-0.25, -0.2) is 0 Å². The highest BCUT2D eigenvalue weighted by atomic mass is 16.3. The van der Waals surface area contributed by atoms with Gasteiger partial charge in [-0.1, -0.05) is 0 Å². The zero-order valence-electron chi connectivity index (χ0n) is 13.5. The zero-order chi connectivity index (χ0) is 15.1. The molecule has 0 aromatic heterocycles. The number of hydrogen-bond donors (Lipinski definition) is 2. The molecule has 0 saturated carbocycles. The van der Waals surface area contributed by atoms with Gasteiger partial charge in [0.05, 0.1) is 32.2 Å². The Hall–Kier alpha value is -0.240. The minimum Gasteiger partial charge on any atom is -0.392 e. The third-order valence-electron chi connectivity index (χ3n) is 3.32. The Kier molecular flexibility index (Phi) is 7.94. The fraction of sp³-hybridized carbons (Fsp3) is 1.00. The number of hydrogen-bond acceptors (Lipinski definition) is 6. The summed E-state index contributed by atoms with van der Waals surface area (Å²) in [7, 11) is 4.19. The van der Waals surface area contributed by atoms with Gasteiger partial charge >= 0.3 is 0 Å². The first-order valence-electron chi connectivity index (χ1n) is 7.54. The summed E-state index contributed by atoms with van der Waals surface area (Å²) in [5.74, 6) is 0. The third kappa shape index (κ3) is 7.52. The van der Waals surface area contributed by atoms with E-state index in [-0.39, 0.29) is 12.2 Å². The minimum atomic E-state index is -0.315. The van der Waals surface area contributed by atoms with Crippen molar-refractivity contribution < 1.29 is 10.2 Å². The molecule has 0 bridgehead atoms. The second-order valence-corrected chi connectivity index (χ2v) is 6.38. The highest BCUT2D eigenvalue weighted by molar-refractivity contribution is 4.72. The Morgan fingerprint density at radius 1 is 0.900 bits per heavy atom. The maximum absolute atomic E-state index is 9.57. The largest absolute Gasteiger partial charge is 0.392 e. The molecule has 0 amide bonds. The third-order valence-corrected chi connectivity index (χ3v) is 3.32. The molecule has 1 fully saturated rings. The number of β-amino-alcohol motifs (C(OH)–C–C–N with tert-alkyl or cyclic N) is 2. The molecule has 0 aromatic carbocycles. The van der Waals surface area contributed by atoms with Crippen molar-refractivity contribution in [1.29, 1.82) is 0 Å². The lowest BCUT2D eigenvalue weighted by Crippen LogP contribution is -2.57. The van der Waals surface area contributed by atoms with Gasteiger partial charge in [-0.3, -0.25) is 14.7 Å². The molecule has 1 heterocycles. The van der Waals surface area contributed by atoms with E-state index in [1.165, 1.54) is 0 Å². The lowest BCUT2D eigenvalue weighted by Gasteiger charge is -2.43. The molecule has 6 nitrogen and oxygen atoms in total. The van der Waals surface area contributed by atoms with Crippen LogP contribution in [0, 0.1) is 0 Å². The van der Waals surface area contributed by atoms with E-state index in [0.29, 0.717) is 13.1 Å². The van der Waals surface area contributed by atoms with Crippen LogP contribution in [0.5, 0.6) is 0 Å². The number of aliphatic hydroxyl groups is 2. The van der Waals surface area contributed by atoms with E-state index in [1.807, 2.05) is 13.8 Å². The van der Waals surface area contributed by atoms with Crippen LogP contribution in [0.2, 0.25) is 0 Å². The summed E-state index contributed by atoms with van der Waals surface area (Å²) in [5.41, 5.74) is 0. The summed E-state index contributed by atoms with van der Waals surface area (Å²) in [4.78, 5) is 9.07. The van der Waals surface area contributed by atoms with Crippen molar-refractivity contribution in [2.24, 2.45) is 0 Å². The highest BCUT2D eigenvalue weighted by Crippen LogP contribution is 2.09. The molecule has 2 N–H and O–H groups in total. The molecular weight excluding hydrogens is 256 g/mol. The van der Waals surface area contributed by atoms with E-state index in [9.17, 15) is 10.2 Å². The van der Waals surface area contributed by atoms with Crippen LogP contribution in [-0.2, 0) is 0 Å². The molecule has 2 unspecified atom stereocenters. The number of nitrogens with zero attached hydrogens (tertiary/aromatic N) is 4. The van der Waals surface area contributed by atoms with E-state index in [0.717, 1.165) is 39.5 Å². The van der Waals surface area contributed by atoms with Crippen molar-refractivity contribution in [2.75, 3.05) is 60.3 Å². The van der Waals surface area contributed by atoms with Gasteiger partial charge in [0.15, 0.2) is 0 Å². The average Bonchev–Trinajstić information content (AvgIpc) is 2.25. The average molecular weight is 288 g/mol. The predicted octanol–water partition coefficient (Wildman–Crippen LogP) is -0.508. The minimum absolute atomic E-state index is 0.315. The summed E-state index contributed by atoms with van der Waals surface area (Å²) >= 11 is 0. The van der Waals surface area contributed by atoms with Crippen LogP contribution in [-0.4, -0.2) is 102 Å². The molecule has 2 atom stereocenters. The van der Waals surface area contributed by atoms with Gasteiger partial charge in [0.25, 0.3) is 0 Å². The quantitative estimate of drug-likeness (QED) is 0.628. The standard InChI is InChI=1S/C14H32N4O2/c1-13(19)8-17-10-16(7-5-6-15(3)4)11-18(12-17)9-14(2)20/h13-14,19-20H,5-12H2,1-4H3. The first-order chi connectivity index (χ1) is 9.36. The second kappa shape index (κ2) is 8.92. The van der Waals surface area contributed by atoms with Gasteiger partial charge in [-0.05, 0) is 40.9 Å². The molecule has 1 aliphatic heterocycles. The topological polar surface area (TPSA) is 53.4 Å². The summed E-state index contributed by atoms with van der Waals surface area (Å²) in [6.07, 6.45) is 0.508. The molecule has 0 aliphatic carbocycles. The Bertz CT molecular complexity index is 244. The van der Waals surface area contributed by atoms with E-state index in [1.54, 1.807) is 0 Å². The smallest absolute Gasteiger partial charge is 0.0640 e. The summed E-state index contributed by atoms with van der Waals surface area (Å²) in [6, 6.07) is 0. The molecule has 0 radical (unpaired) electrons. The molecule has 1 aliphatic rings. The molecule has 1 saturated heterocycles. The van der Waals surface area contributed by atoms with E-state index in [4.69, 9.17) is 0 Å². The van der Waals surface area contributed by atoms with Crippen LogP contribution in [0.3, 0.4) is 0 Å². The molecule has 0 aromatic rings. The Morgan fingerprint density at radius 2 is 1.35 bits per heavy atom. The van der Waals surface area contributed by atoms with E-state index < -0.39 is 0 Å². The van der Waals surface area contributed by atoms with Crippen molar-refractivity contribution in [3.8, 4) is 0 Å². The molecule has 1 rings (SSSR count). The van der Waals surface area contributed by atoms with Gasteiger partial charge in [-0.15, -0.1) is 0 Å². The zero-order valence-corrected chi connectivity index (χ0v) is 13.5. The van der Waals surface area contributed by atoms with Crippen molar-refractivity contribution >= 4 is 0 Å². The van der Waals surface area contributed by atoms with Crippen LogP contribution in [0.1, 0.15) is 20.3 Å². The summed E-state index contributed by atoms with van der Waals surface area (Å²) in [5, 5.41) is 19.1. The molecule has 20 heavy (non-hydrogen) atoms. The van der Waals surface area contributed by atoms with Crippen LogP contribution in [0.15, 0.2) is 0 Å². The highest BCUT2D eigenvalue weighted by Gasteiger charge is 2.24. The van der Waals surface area contributed by atoms with Crippen molar-refractivity contribution in [2.45, 2.75) is 32.5 Å². The van der Waals surface area contributed by atoms with Crippen molar-refractivity contribution in [1.82, 2.24) is 19.6 Å². The van der Waals surface area contributed by atoms with Gasteiger partial charge in [0.1, 0.15) is 0 Å². The summed E-state index contributed by atoms with van der Waals surface area (Å²) in [6.45, 7) is 9.76. The maximum atomic E-state index is 9.57. The number of aliphatic hydroxyl groups excluding tert-OH is 2. The predicted molar refractivity (Wildman–Crippen MR) is 81.3 cm³/mol. The summed E-state index contributed by atoms with van der Waals surface area (Å²) < 4.78 is 0. The Labute approximate surface area is 123 Å². The van der Waals surface area contributed by atoms with Crippen LogP contribution in [0.25, 0.3) is 0 Å². The lowest BCUT2D eigenvalue weighted by atomic mass is 10.3. The molecular formula is C14H32N4O2. The van der Waals surface area contributed by atoms with Crippen LogP contribution < -0.4 is 0 Å². The van der Waals surface area contributed by atoms with Crippen LogP contribution >= 0.6 is 0 Å². The normalized spacial score (nSPS) is 22.4. The Balaban J connectivity index is 2.46. The first-order valence-corrected chi connectivity index (χ1v) is 7.54. The van der Waals surface area contributed by atoms with Crippen molar-refractivity contribution in [3.05, 3.63) is 0 Å². The second-order valence-electron chi connectivity index (χ2n) is 6.38. The van der Waals surface area contributed by atoms with Gasteiger partial charge in [0.2, 0.25) is 0 Å².